The van der Waals surface area contributed by atoms with Crippen molar-refractivity contribution in [3.05, 3.63) is 29.3 Å². The maximum absolute atomic E-state index is 13.6. The van der Waals surface area contributed by atoms with Crippen molar-refractivity contribution < 1.29 is 22.0 Å². The van der Waals surface area contributed by atoms with Gasteiger partial charge in [0.1, 0.15) is 11.6 Å². The number of anilines is 1. The van der Waals surface area contributed by atoms with Gasteiger partial charge in [0.2, 0.25) is 0 Å². The number of amides is 1. The van der Waals surface area contributed by atoms with Crippen LogP contribution in [0, 0.1) is 11.6 Å². The molecule has 20 heavy (non-hydrogen) atoms. The van der Waals surface area contributed by atoms with E-state index in [4.69, 9.17) is 5.73 Å². The minimum atomic E-state index is -3.17. The highest BCUT2D eigenvalue weighted by molar-refractivity contribution is 7.91. The van der Waals surface area contributed by atoms with E-state index in [-0.39, 0.29) is 35.8 Å². The second-order valence-corrected chi connectivity index (χ2v) is 6.95. The summed E-state index contributed by atoms with van der Waals surface area (Å²) < 4.78 is 49.6. The minimum Gasteiger partial charge on any atom is -0.396 e. The number of hydrogen-bond acceptors (Lipinski definition) is 4. The lowest BCUT2D eigenvalue weighted by molar-refractivity contribution is 0.0764. The number of sulfone groups is 1. The van der Waals surface area contributed by atoms with Gasteiger partial charge in [-0.3, -0.25) is 4.79 Å². The standard InChI is InChI=1S/C12H14F2N2O3S/c13-9-7-10(14)11(15)6-8(9)12(17)16-2-1-4-20(18,19)5-3-16/h6-7H,1-5,15H2. The van der Waals surface area contributed by atoms with E-state index in [2.05, 4.69) is 0 Å². The van der Waals surface area contributed by atoms with E-state index < -0.39 is 27.4 Å². The number of nitrogen functional groups attached to an aromatic ring is 1. The molecular formula is C12H14F2N2O3S. The number of halogens is 2. The summed E-state index contributed by atoms with van der Waals surface area (Å²) in [5, 5.41) is 0. The molecule has 5 nitrogen and oxygen atoms in total. The second kappa shape index (κ2) is 5.35. The van der Waals surface area contributed by atoms with Crippen molar-refractivity contribution >= 4 is 21.4 Å². The van der Waals surface area contributed by atoms with E-state index in [1.807, 2.05) is 0 Å². The van der Waals surface area contributed by atoms with Crippen molar-refractivity contribution in [3.8, 4) is 0 Å². The molecule has 1 fully saturated rings. The quantitative estimate of drug-likeness (QED) is 0.779. The zero-order chi connectivity index (χ0) is 14.9. The van der Waals surface area contributed by atoms with Gasteiger partial charge in [0.05, 0.1) is 22.8 Å². The summed E-state index contributed by atoms with van der Waals surface area (Å²) in [6.07, 6.45) is 0.298. The average Bonchev–Trinajstić information content (AvgIpc) is 2.54. The highest BCUT2D eigenvalue weighted by Crippen LogP contribution is 2.19. The number of carbonyl (C=O) groups is 1. The zero-order valence-corrected chi connectivity index (χ0v) is 11.4. The Bertz CT molecular complexity index is 646. The first-order chi connectivity index (χ1) is 9.30. The van der Waals surface area contributed by atoms with Crippen molar-refractivity contribution in [3.63, 3.8) is 0 Å². The maximum atomic E-state index is 13.6. The average molecular weight is 304 g/mol. The maximum Gasteiger partial charge on any atom is 0.256 e. The molecule has 2 rings (SSSR count). The van der Waals surface area contributed by atoms with E-state index in [0.29, 0.717) is 12.5 Å². The van der Waals surface area contributed by atoms with Gasteiger partial charge in [0, 0.05) is 19.2 Å². The van der Waals surface area contributed by atoms with E-state index in [9.17, 15) is 22.0 Å². The van der Waals surface area contributed by atoms with Crippen LogP contribution in [0.2, 0.25) is 0 Å². The molecule has 1 aromatic rings. The number of carbonyl (C=O) groups excluding carboxylic acids is 1. The summed E-state index contributed by atoms with van der Waals surface area (Å²) in [5.41, 5.74) is 4.66. The third-order valence-electron chi connectivity index (χ3n) is 3.16. The van der Waals surface area contributed by atoms with Crippen molar-refractivity contribution in [1.82, 2.24) is 4.90 Å². The van der Waals surface area contributed by atoms with Gasteiger partial charge in [-0.2, -0.15) is 0 Å². The van der Waals surface area contributed by atoms with Crippen molar-refractivity contribution in [2.24, 2.45) is 0 Å². The Balaban J connectivity index is 2.25. The Labute approximate surface area is 115 Å². The van der Waals surface area contributed by atoms with Crippen LogP contribution in [0.25, 0.3) is 0 Å². The Morgan fingerprint density at radius 1 is 1.15 bits per heavy atom. The molecule has 0 spiro atoms. The lowest BCUT2D eigenvalue weighted by Gasteiger charge is -2.20. The Kier molecular flexibility index (Phi) is 3.94. The van der Waals surface area contributed by atoms with E-state index in [1.54, 1.807) is 0 Å². The smallest absolute Gasteiger partial charge is 0.256 e. The third kappa shape index (κ3) is 3.06. The number of benzene rings is 1. The number of hydrogen-bond donors (Lipinski definition) is 1. The Hall–Kier alpha value is -1.70. The Morgan fingerprint density at radius 2 is 1.85 bits per heavy atom. The van der Waals surface area contributed by atoms with Gasteiger partial charge in [-0.1, -0.05) is 0 Å². The minimum absolute atomic E-state index is 0.00210. The molecule has 0 atom stereocenters. The van der Waals surface area contributed by atoms with Gasteiger partial charge in [-0.15, -0.1) is 0 Å². The van der Waals surface area contributed by atoms with Gasteiger partial charge in [0.15, 0.2) is 9.84 Å². The predicted molar refractivity (Wildman–Crippen MR) is 69.9 cm³/mol. The fraction of sp³-hybridized carbons (Fsp3) is 0.417. The molecule has 1 aliphatic heterocycles. The molecule has 0 aromatic heterocycles. The fourth-order valence-electron chi connectivity index (χ4n) is 2.04. The van der Waals surface area contributed by atoms with Crippen LogP contribution in [0.4, 0.5) is 14.5 Å². The topological polar surface area (TPSA) is 80.5 Å². The van der Waals surface area contributed by atoms with Crippen LogP contribution in [0.15, 0.2) is 12.1 Å². The van der Waals surface area contributed by atoms with Crippen molar-refractivity contribution in [1.29, 1.82) is 0 Å². The van der Waals surface area contributed by atoms with Crippen LogP contribution >= 0.6 is 0 Å². The first-order valence-corrected chi connectivity index (χ1v) is 7.86. The van der Waals surface area contributed by atoms with Gasteiger partial charge in [-0.25, -0.2) is 17.2 Å². The lowest BCUT2D eigenvalue weighted by atomic mass is 10.1. The highest BCUT2D eigenvalue weighted by Gasteiger charge is 2.25. The molecule has 0 aliphatic carbocycles. The molecule has 1 heterocycles. The van der Waals surface area contributed by atoms with Gasteiger partial charge in [0.25, 0.3) is 5.91 Å². The molecule has 0 saturated carbocycles. The fourth-order valence-corrected chi connectivity index (χ4v) is 3.31. The van der Waals surface area contributed by atoms with Crippen LogP contribution in [0.3, 0.4) is 0 Å². The summed E-state index contributed by atoms with van der Waals surface area (Å²) in [5.74, 6) is -2.76. The molecule has 1 amide bonds. The van der Waals surface area contributed by atoms with Crippen LogP contribution in [-0.4, -0.2) is 43.8 Å². The summed E-state index contributed by atoms with van der Waals surface area (Å²) in [7, 11) is -3.17. The number of nitrogens with two attached hydrogens (primary N) is 1. The molecular weight excluding hydrogens is 290 g/mol. The first-order valence-electron chi connectivity index (χ1n) is 6.04. The van der Waals surface area contributed by atoms with Crippen molar-refractivity contribution in [2.75, 3.05) is 30.3 Å². The second-order valence-electron chi connectivity index (χ2n) is 4.65. The third-order valence-corrected chi connectivity index (χ3v) is 4.87. The van der Waals surface area contributed by atoms with E-state index >= 15 is 0 Å². The monoisotopic (exact) mass is 304 g/mol. The van der Waals surface area contributed by atoms with Crippen LogP contribution in [0.1, 0.15) is 16.8 Å². The summed E-state index contributed by atoms with van der Waals surface area (Å²) in [4.78, 5) is 13.4. The van der Waals surface area contributed by atoms with Gasteiger partial charge < -0.3 is 10.6 Å². The predicted octanol–water partition coefficient (Wildman–Crippen LogP) is 0.808. The van der Waals surface area contributed by atoms with Crippen molar-refractivity contribution in [2.45, 2.75) is 6.42 Å². The molecule has 0 unspecified atom stereocenters. The summed E-state index contributed by atoms with van der Waals surface area (Å²) in [6.45, 7) is 0.215. The number of rotatable bonds is 1. The molecule has 0 bridgehead atoms. The number of nitrogens with zero attached hydrogens (tertiary/aromatic N) is 1. The lowest BCUT2D eigenvalue weighted by Crippen LogP contribution is -2.34. The SMILES string of the molecule is Nc1cc(C(=O)N2CCCS(=O)(=O)CC2)c(F)cc1F. The summed E-state index contributed by atoms with van der Waals surface area (Å²) in [6, 6.07) is 1.49. The molecule has 1 aromatic carbocycles. The van der Waals surface area contributed by atoms with E-state index in [0.717, 1.165) is 6.07 Å². The molecule has 8 heteroatoms. The van der Waals surface area contributed by atoms with Crippen LogP contribution < -0.4 is 5.73 Å². The molecule has 0 radical (unpaired) electrons. The van der Waals surface area contributed by atoms with Gasteiger partial charge >= 0.3 is 0 Å². The molecule has 110 valence electrons. The highest BCUT2D eigenvalue weighted by atomic mass is 32.2. The normalized spacial score (nSPS) is 18.6. The van der Waals surface area contributed by atoms with Gasteiger partial charge in [-0.05, 0) is 12.5 Å². The molecule has 1 aliphatic rings. The largest absolute Gasteiger partial charge is 0.396 e. The van der Waals surface area contributed by atoms with Crippen LogP contribution in [-0.2, 0) is 9.84 Å². The molecule has 2 N–H and O–H groups in total. The summed E-state index contributed by atoms with van der Waals surface area (Å²) >= 11 is 0. The van der Waals surface area contributed by atoms with E-state index in [1.165, 1.54) is 4.90 Å². The van der Waals surface area contributed by atoms with Crippen LogP contribution in [0.5, 0.6) is 0 Å². The Morgan fingerprint density at radius 3 is 2.55 bits per heavy atom. The first kappa shape index (κ1) is 14.7. The zero-order valence-electron chi connectivity index (χ0n) is 10.6. The molecule has 1 saturated heterocycles.